The zero-order chi connectivity index (χ0) is 12.3. The van der Waals surface area contributed by atoms with E-state index < -0.39 is 28.9 Å². The van der Waals surface area contributed by atoms with Gasteiger partial charge in [0.1, 0.15) is 5.82 Å². The van der Waals surface area contributed by atoms with Crippen LogP contribution in [0.15, 0.2) is 16.6 Å². The lowest BCUT2D eigenvalue weighted by Crippen LogP contribution is -2.18. The minimum atomic E-state index is -0.853. The molecule has 1 unspecified atom stereocenters. The van der Waals surface area contributed by atoms with Crippen LogP contribution in [0.3, 0.4) is 0 Å². The van der Waals surface area contributed by atoms with Gasteiger partial charge in [0, 0.05) is 5.92 Å². The minimum Gasteiger partial charge on any atom is -0.330 e. The van der Waals surface area contributed by atoms with Gasteiger partial charge < -0.3 is 5.73 Å². The summed E-state index contributed by atoms with van der Waals surface area (Å²) in [7, 11) is 0. The molecule has 1 aromatic rings. The molecule has 88 valence electrons. The summed E-state index contributed by atoms with van der Waals surface area (Å²) in [4.78, 5) is 11.8. The lowest BCUT2D eigenvalue weighted by Gasteiger charge is -2.11. The third-order valence-corrected chi connectivity index (χ3v) is 2.95. The van der Waals surface area contributed by atoms with E-state index in [0.29, 0.717) is 13.0 Å². The minimum absolute atomic E-state index is 0.0807. The van der Waals surface area contributed by atoms with E-state index in [4.69, 9.17) is 5.73 Å². The average molecular weight is 292 g/mol. The van der Waals surface area contributed by atoms with Gasteiger partial charge in [0.25, 0.3) is 0 Å². The topological polar surface area (TPSA) is 43.1 Å². The second kappa shape index (κ2) is 5.50. The maximum Gasteiger partial charge on any atom is 0.171 e. The molecule has 1 aromatic carbocycles. The summed E-state index contributed by atoms with van der Waals surface area (Å²) in [6, 6.07) is 2.30. The molecule has 1 rings (SSSR count). The predicted octanol–water partition coefficient (Wildman–Crippen LogP) is 2.89. The molecular weight excluding hydrogens is 280 g/mol. The quantitative estimate of drug-likeness (QED) is 0.685. The van der Waals surface area contributed by atoms with Gasteiger partial charge in [-0.1, -0.05) is 6.92 Å². The molecule has 0 spiro atoms. The number of ketones is 1. The maximum absolute atomic E-state index is 13.6. The van der Waals surface area contributed by atoms with Crippen LogP contribution in [-0.4, -0.2) is 12.3 Å². The lowest BCUT2D eigenvalue weighted by molar-refractivity contribution is 0.0916. The van der Waals surface area contributed by atoms with Gasteiger partial charge in [0.15, 0.2) is 11.6 Å². The van der Waals surface area contributed by atoms with Crippen molar-refractivity contribution in [2.75, 3.05) is 6.54 Å². The average Bonchev–Trinajstić information content (AvgIpc) is 2.24. The van der Waals surface area contributed by atoms with E-state index in [0.717, 1.165) is 6.07 Å². The van der Waals surface area contributed by atoms with E-state index in [9.17, 15) is 13.6 Å². The van der Waals surface area contributed by atoms with Crippen LogP contribution in [0.2, 0.25) is 0 Å². The Labute approximate surface area is 101 Å². The van der Waals surface area contributed by atoms with Gasteiger partial charge in [-0.15, -0.1) is 0 Å². The second-order valence-corrected chi connectivity index (χ2v) is 4.42. The van der Waals surface area contributed by atoms with Crippen LogP contribution in [0.25, 0.3) is 0 Å². The summed E-state index contributed by atoms with van der Waals surface area (Å²) in [5, 5.41) is 0. The fraction of sp³-hybridized carbons (Fsp3) is 0.364. The second-order valence-electron chi connectivity index (χ2n) is 3.56. The molecule has 2 N–H and O–H groups in total. The number of benzene rings is 1. The number of Topliss-reactive ketones (excluding diaryl/α,β-unsaturated/α-hetero) is 1. The van der Waals surface area contributed by atoms with E-state index in [2.05, 4.69) is 15.9 Å². The van der Waals surface area contributed by atoms with Crippen LogP contribution in [0.5, 0.6) is 0 Å². The molecule has 0 aliphatic carbocycles. The molecule has 1 atom stereocenters. The highest BCUT2D eigenvalue weighted by Crippen LogP contribution is 2.24. The molecule has 0 bridgehead atoms. The van der Waals surface area contributed by atoms with Crippen LogP contribution in [0, 0.1) is 17.6 Å². The van der Waals surface area contributed by atoms with Crippen LogP contribution in [0.1, 0.15) is 23.7 Å². The highest BCUT2D eigenvalue weighted by molar-refractivity contribution is 9.10. The van der Waals surface area contributed by atoms with Crippen LogP contribution in [0.4, 0.5) is 8.78 Å². The Hall–Kier alpha value is -0.810. The van der Waals surface area contributed by atoms with Crippen molar-refractivity contribution in [1.29, 1.82) is 0 Å². The zero-order valence-corrected chi connectivity index (χ0v) is 10.4. The molecular formula is C11H12BrF2NO. The van der Waals surface area contributed by atoms with Gasteiger partial charge in [-0.3, -0.25) is 4.79 Å². The normalized spacial score (nSPS) is 12.6. The Morgan fingerprint density at radius 2 is 2.12 bits per heavy atom. The highest BCUT2D eigenvalue weighted by atomic mass is 79.9. The van der Waals surface area contributed by atoms with Gasteiger partial charge in [-0.05, 0) is 41.0 Å². The first-order chi connectivity index (χ1) is 7.49. The summed E-state index contributed by atoms with van der Waals surface area (Å²) in [5.74, 6) is -2.73. The van der Waals surface area contributed by atoms with Gasteiger partial charge >= 0.3 is 0 Å². The molecule has 0 saturated carbocycles. The standard InChI is InChI=1S/C11H12BrF2NO/c1-6(4-5-15)11(16)9-8(13)3-2-7(12)10(9)14/h2-3,6H,4-5,15H2,1H3. The van der Waals surface area contributed by atoms with Crippen molar-refractivity contribution in [3.63, 3.8) is 0 Å². The van der Waals surface area contributed by atoms with Gasteiger partial charge in [0.2, 0.25) is 0 Å². The Balaban J connectivity index is 3.12. The molecule has 0 fully saturated rings. The first-order valence-electron chi connectivity index (χ1n) is 4.86. The van der Waals surface area contributed by atoms with Gasteiger partial charge in [-0.2, -0.15) is 0 Å². The van der Waals surface area contributed by atoms with E-state index >= 15 is 0 Å². The summed E-state index contributed by atoms with van der Waals surface area (Å²) in [6.07, 6.45) is 0.407. The summed E-state index contributed by atoms with van der Waals surface area (Å²) >= 11 is 2.92. The number of halogens is 3. The maximum atomic E-state index is 13.6. The number of rotatable bonds is 4. The van der Waals surface area contributed by atoms with E-state index in [1.165, 1.54) is 6.07 Å². The summed E-state index contributed by atoms with van der Waals surface area (Å²) in [5.41, 5.74) is 4.81. The third kappa shape index (κ3) is 2.65. The molecule has 0 amide bonds. The van der Waals surface area contributed by atoms with Gasteiger partial charge in [0.05, 0.1) is 10.0 Å². The Bertz CT molecular complexity index is 409. The molecule has 5 heteroatoms. The van der Waals surface area contributed by atoms with E-state index in [-0.39, 0.29) is 4.47 Å². The molecule has 2 nitrogen and oxygen atoms in total. The lowest BCUT2D eigenvalue weighted by atomic mass is 9.96. The van der Waals surface area contributed by atoms with Crippen molar-refractivity contribution >= 4 is 21.7 Å². The largest absolute Gasteiger partial charge is 0.330 e. The van der Waals surface area contributed by atoms with Gasteiger partial charge in [-0.25, -0.2) is 8.78 Å². The smallest absolute Gasteiger partial charge is 0.171 e. The first-order valence-corrected chi connectivity index (χ1v) is 5.66. The molecule has 0 heterocycles. The number of carbonyl (C=O) groups excluding carboxylic acids is 1. The molecule has 0 aliphatic heterocycles. The molecule has 0 saturated heterocycles. The van der Waals surface area contributed by atoms with Crippen LogP contribution in [-0.2, 0) is 0 Å². The van der Waals surface area contributed by atoms with Crippen molar-refractivity contribution in [2.24, 2.45) is 11.7 Å². The molecule has 0 aromatic heterocycles. The van der Waals surface area contributed by atoms with E-state index in [1.54, 1.807) is 6.92 Å². The third-order valence-electron chi connectivity index (χ3n) is 2.34. The number of hydrogen-bond donors (Lipinski definition) is 1. The summed E-state index contributed by atoms with van der Waals surface area (Å²) < 4.78 is 27.0. The molecule has 16 heavy (non-hydrogen) atoms. The number of hydrogen-bond acceptors (Lipinski definition) is 2. The van der Waals surface area contributed by atoms with Crippen molar-refractivity contribution in [3.05, 3.63) is 33.8 Å². The Morgan fingerprint density at radius 3 is 2.69 bits per heavy atom. The van der Waals surface area contributed by atoms with E-state index in [1.807, 2.05) is 0 Å². The Morgan fingerprint density at radius 1 is 1.50 bits per heavy atom. The molecule has 0 radical (unpaired) electrons. The summed E-state index contributed by atoms with van der Waals surface area (Å²) in [6.45, 7) is 1.92. The van der Waals surface area contributed by atoms with Crippen molar-refractivity contribution < 1.29 is 13.6 Å². The van der Waals surface area contributed by atoms with Crippen molar-refractivity contribution in [2.45, 2.75) is 13.3 Å². The predicted molar refractivity (Wildman–Crippen MR) is 61.2 cm³/mol. The number of nitrogens with two attached hydrogens (primary N) is 1. The van der Waals surface area contributed by atoms with Crippen molar-refractivity contribution in [1.82, 2.24) is 0 Å². The molecule has 0 aliphatic rings. The monoisotopic (exact) mass is 291 g/mol. The fourth-order valence-electron chi connectivity index (χ4n) is 1.38. The van der Waals surface area contributed by atoms with Crippen LogP contribution >= 0.6 is 15.9 Å². The van der Waals surface area contributed by atoms with Crippen molar-refractivity contribution in [3.8, 4) is 0 Å². The van der Waals surface area contributed by atoms with Crippen LogP contribution < -0.4 is 5.73 Å². The SMILES string of the molecule is CC(CCN)C(=O)c1c(F)ccc(Br)c1F. The fourth-order valence-corrected chi connectivity index (χ4v) is 1.71. The zero-order valence-electron chi connectivity index (χ0n) is 8.77. The Kier molecular flexibility index (Phi) is 4.56. The first kappa shape index (κ1) is 13.3. The highest BCUT2D eigenvalue weighted by Gasteiger charge is 2.23. The number of carbonyl (C=O) groups is 1.